The van der Waals surface area contributed by atoms with Crippen LogP contribution in [0.5, 0.6) is 5.75 Å². The number of primary amides is 1. The van der Waals surface area contributed by atoms with E-state index in [1.54, 1.807) is 26.8 Å². The Morgan fingerprint density at radius 2 is 1.89 bits per heavy atom. The molecule has 0 aliphatic heterocycles. The zero-order valence-electron chi connectivity index (χ0n) is 21.1. The average Bonchev–Trinajstić information content (AvgIpc) is 2.78. The Bertz CT molecular complexity index is 991. The maximum absolute atomic E-state index is 13.6. The van der Waals surface area contributed by atoms with Gasteiger partial charge in [0, 0.05) is 18.5 Å². The minimum absolute atomic E-state index is 0.0636. The minimum atomic E-state index is -1.29. The molecule has 0 radical (unpaired) electrons. The van der Waals surface area contributed by atoms with Gasteiger partial charge in [-0.2, -0.15) is 0 Å². The second-order valence-corrected chi connectivity index (χ2v) is 9.88. The van der Waals surface area contributed by atoms with Crippen LogP contribution in [0.2, 0.25) is 0 Å². The van der Waals surface area contributed by atoms with Gasteiger partial charge in [-0.25, -0.2) is 4.79 Å². The van der Waals surface area contributed by atoms with Crippen LogP contribution in [-0.4, -0.2) is 51.5 Å². The zero-order valence-corrected chi connectivity index (χ0v) is 21.1. The minimum Gasteiger partial charge on any atom is -0.508 e. The van der Waals surface area contributed by atoms with E-state index < -0.39 is 41.5 Å². The van der Waals surface area contributed by atoms with E-state index in [4.69, 9.17) is 16.9 Å². The van der Waals surface area contributed by atoms with Gasteiger partial charge in [-0.3, -0.25) is 19.3 Å². The van der Waals surface area contributed by atoms with E-state index >= 15 is 0 Å². The number of nitrogens with zero attached hydrogens (tertiary/aromatic N) is 1. The van der Waals surface area contributed by atoms with E-state index in [9.17, 15) is 24.3 Å². The molecule has 0 heterocycles. The fraction of sp³-hybridized carbons (Fsp3) is 0.538. The molecule has 0 bridgehead atoms. The number of phenols is 1. The summed E-state index contributed by atoms with van der Waals surface area (Å²) in [5.41, 5.74) is 4.72. The predicted octanol–water partition coefficient (Wildman–Crippen LogP) is 2.46. The van der Waals surface area contributed by atoms with Gasteiger partial charge in [0.1, 0.15) is 23.4 Å². The second-order valence-electron chi connectivity index (χ2n) is 9.88. The van der Waals surface area contributed by atoms with Crippen LogP contribution in [0.25, 0.3) is 0 Å². The van der Waals surface area contributed by atoms with Gasteiger partial charge in [-0.15, -0.1) is 0 Å². The Balaban J connectivity index is 2.38. The van der Waals surface area contributed by atoms with Crippen LogP contribution in [-0.2, 0) is 19.1 Å². The van der Waals surface area contributed by atoms with Gasteiger partial charge in [-0.1, -0.05) is 37.8 Å². The molecule has 1 aliphatic rings. The van der Waals surface area contributed by atoms with Crippen molar-refractivity contribution in [3.8, 4) is 18.2 Å². The largest absolute Gasteiger partial charge is 0.508 e. The van der Waals surface area contributed by atoms with Gasteiger partial charge >= 0.3 is 6.09 Å². The molecule has 2 unspecified atom stereocenters. The van der Waals surface area contributed by atoms with Crippen LogP contribution in [0.1, 0.15) is 77.3 Å². The smallest absolute Gasteiger partial charge is 0.408 e. The number of ether oxygens (including phenoxy) is 1. The van der Waals surface area contributed by atoms with Gasteiger partial charge < -0.3 is 26.2 Å². The Hall–Kier alpha value is -3.74. The van der Waals surface area contributed by atoms with Crippen molar-refractivity contribution in [2.45, 2.75) is 89.4 Å². The summed E-state index contributed by atoms with van der Waals surface area (Å²) in [5.74, 6) is -2.09. The van der Waals surface area contributed by atoms with Crippen LogP contribution in [0, 0.1) is 12.5 Å². The van der Waals surface area contributed by atoms with Crippen molar-refractivity contribution in [3.05, 3.63) is 29.8 Å². The first-order chi connectivity index (χ1) is 16.9. The third-order valence-corrected chi connectivity index (χ3v) is 5.69. The maximum atomic E-state index is 13.6. The molecule has 1 aliphatic carbocycles. The number of nitrogens with one attached hydrogen (secondary N) is 2. The molecule has 36 heavy (non-hydrogen) atoms. The molecule has 0 spiro atoms. The number of rotatable bonds is 9. The summed E-state index contributed by atoms with van der Waals surface area (Å²) in [5, 5.41) is 15.4. The van der Waals surface area contributed by atoms with Crippen molar-refractivity contribution >= 4 is 23.8 Å². The normalized spacial score (nSPS) is 15.6. The highest BCUT2D eigenvalue weighted by atomic mass is 16.6. The lowest BCUT2D eigenvalue weighted by atomic mass is 9.94. The fourth-order valence-corrected chi connectivity index (χ4v) is 4.07. The summed E-state index contributed by atoms with van der Waals surface area (Å²) in [7, 11) is 0. The third kappa shape index (κ3) is 8.80. The topological polar surface area (TPSA) is 151 Å². The van der Waals surface area contributed by atoms with Crippen LogP contribution < -0.4 is 16.4 Å². The summed E-state index contributed by atoms with van der Waals surface area (Å²) in [6, 6.07) is 5.52. The van der Waals surface area contributed by atoms with Gasteiger partial charge in [0.15, 0.2) is 0 Å². The van der Waals surface area contributed by atoms with Gasteiger partial charge in [0.2, 0.25) is 11.8 Å². The van der Waals surface area contributed by atoms with Crippen LogP contribution in [0.3, 0.4) is 0 Å². The molecule has 2 rings (SSSR count). The number of aromatic hydroxyl groups is 1. The highest BCUT2D eigenvalue weighted by Crippen LogP contribution is 2.27. The molecule has 10 heteroatoms. The molecule has 10 nitrogen and oxygen atoms in total. The molecule has 1 saturated carbocycles. The monoisotopic (exact) mass is 500 g/mol. The zero-order chi connectivity index (χ0) is 26.9. The average molecular weight is 501 g/mol. The van der Waals surface area contributed by atoms with E-state index in [-0.39, 0.29) is 24.6 Å². The molecule has 1 fully saturated rings. The summed E-state index contributed by atoms with van der Waals surface area (Å²) < 4.78 is 5.25. The molecular weight excluding hydrogens is 464 g/mol. The number of hydrogen-bond acceptors (Lipinski definition) is 6. The van der Waals surface area contributed by atoms with E-state index in [0.29, 0.717) is 5.56 Å². The SMILES string of the molecule is C#CN(C(=O)C(CCC(N)=O)NC(=O)OC(C)(C)C)C(C(=O)NC1CCCCC1)c1cccc(O)c1. The Kier molecular flexibility index (Phi) is 10.1. The highest BCUT2D eigenvalue weighted by Gasteiger charge is 2.37. The van der Waals surface area contributed by atoms with Crippen molar-refractivity contribution in [3.63, 3.8) is 0 Å². The molecule has 1 aromatic rings. The lowest BCUT2D eigenvalue weighted by Gasteiger charge is -2.32. The van der Waals surface area contributed by atoms with Gasteiger partial charge in [0.05, 0.1) is 0 Å². The number of amides is 4. The first-order valence-electron chi connectivity index (χ1n) is 12.1. The number of hydrogen-bond donors (Lipinski definition) is 4. The molecule has 4 amide bonds. The summed E-state index contributed by atoms with van der Waals surface area (Å²) in [4.78, 5) is 51.8. The number of phenolic OH excluding ortho intramolecular Hbond substituents is 1. The Morgan fingerprint density at radius 3 is 2.44 bits per heavy atom. The van der Waals surface area contributed by atoms with Crippen molar-refractivity contribution < 1.29 is 29.0 Å². The number of benzene rings is 1. The quantitative estimate of drug-likeness (QED) is 0.302. The first-order valence-corrected chi connectivity index (χ1v) is 12.1. The Morgan fingerprint density at radius 1 is 1.22 bits per heavy atom. The lowest BCUT2D eigenvalue weighted by Crippen LogP contribution is -2.52. The molecular formula is C26H36N4O6. The Labute approximate surface area is 211 Å². The molecule has 0 aromatic heterocycles. The van der Waals surface area contributed by atoms with Crippen molar-refractivity contribution in [2.75, 3.05) is 0 Å². The van der Waals surface area contributed by atoms with E-state index in [1.165, 1.54) is 18.2 Å². The highest BCUT2D eigenvalue weighted by molar-refractivity contribution is 5.93. The van der Waals surface area contributed by atoms with Crippen molar-refractivity contribution in [2.24, 2.45) is 5.73 Å². The number of nitrogens with two attached hydrogens (primary N) is 1. The molecule has 1 aromatic carbocycles. The summed E-state index contributed by atoms with van der Waals surface area (Å²) >= 11 is 0. The predicted molar refractivity (Wildman–Crippen MR) is 133 cm³/mol. The maximum Gasteiger partial charge on any atom is 0.408 e. The number of alkyl carbamates (subject to hydrolysis) is 1. The lowest BCUT2D eigenvalue weighted by molar-refractivity contribution is -0.139. The summed E-state index contributed by atoms with van der Waals surface area (Å²) in [6.45, 7) is 4.98. The van der Waals surface area contributed by atoms with Crippen LogP contribution in [0.4, 0.5) is 4.79 Å². The molecule has 0 saturated heterocycles. The molecule has 2 atom stereocenters. The van der Waals surface area contributed by atoms with Crippen LogP contribution in [0.15, 0.2) is 24.3 Å². The standard InChI is InChI=1S/C26H36N4O6/c1-5-30(24(34)20(14-15-21(27)32)29-25(35)36-26(2,3)4)22(17-10-9-13-19(31)16-17)23(33)28-18-11-7-6-8-12-18/h1,9-10,13,16,18,20,22,31H,6-8,11-12,14-15H2,2-4H3,(H2,27,32)(H,28,33)(H,29,35). The van der Waals surface area contributed by atoms with E-state index in [2.05, 4.69) is 16.7 Å². The van der Waals surface area contributed by atoms with Crippen molar-refractivity contribution in [1.82, 2.24) is 15.5 Å². The van der Waals surface area contributed by atoms with Crippen LogP contribution >= 0.6 is 0 Å². The molecule has 196 valence electrons. The summed E-state index contributed by atoms with van der Waals surface area (Å²) in [6.07, 6.45) is 9.15. The number of carbonyl (C=O) groups is 4. The first kappa shape index (κ1) is 28.5. The van der Waals surface area contributed by atoms with Gasteiger partial charge in [0.25, 0.3) is 5.91 Å². The van der Waals surface area contributed by atoms with E-state index in [0.717, 1.165) is 37.0 Å². The number of carbonyl (C=O) groups excluding carboxylic acids is 4. The molecule has 5 N–H and O–H groups in total. The van der Waals surface area contributed by atoms with Crippen molar-refractivity contribution in [1.29, 1.82) is 0 Å². The van der Waals surface area contributed by atoms with E-state index in [1.807, 2.05) is 0 Å². The number of terminal acetylenes is 1. The third-order valence-electron chi connectivity index (χ3n) is 5.69. The van der Waals surface area contributed by atoms with Gasteiger partial charge in [-0.05, 0) is 57.7 Å². The fourth-order valence-electron chi connectivity index (χ4n) is 4.07. The second kappa shape index (κ2) is 12.8.